The zero-order valence-corrected chi connectivity index (χ0v) is 9.55. The predicted molar refractivity (Wildman–Crippen MR) is 64.3 cm³/mol. The predicted octanol–water partition coefficient (Wildman–Crippen LogP) is 4.65. The number of allylic oxidation sites excluding steroid dienone is 5. The molecule has 0 aromatic heterocycles. The van der Waals surface area contributed by atoms with Crippen LogP contribution in [0.2, 0.25) is 0 Å². The summed E-state index contributed by atoms with van der Waals surface area (Å²) in [6.07, 6.45) is 13.6. The van der Waals surface area contributed by atoms with Gasteiger partial charge in [0.25, 0.3) is 0 Å². The van der Waals surface area contributed by atoms with Gasteiger partial charge in [-0.15, -0.1) is 0 Å². The van der Waals surface area contributed by atoms with Crippen molar-refractivity contribution in [3.8, 4) is 0 Å². The van der Waals surface area contributed by atoms with Gasteiger partial charge >= 0.3 is 0 Å². The molecule has 1 fully saturated rings. The molecule has 1 aliphatic rings. The van der Waals surface area contributed by atoms with Crippen molar-refractivity contribution in [2.75, 3.05) is 0 Å². The molecule has 1 saturated carbocycles. The van der Waals surface area contributed by atoms with Gasteiger partial charge in [0, 0.05) is 0 Å². The number of hydrogen-bond acceptors (Lipinski definition) is 0. The monoisotopic (exact) mass is 190 g/mol. The molecule has 0 spiro atoms. The molecule has 0 aromatic rings. The van der Waals surface area contributed by atoms with Gasteiger partial charge in [-0.3, -0.25) is 0 Å². The fraction of sp³-hybridized carbons (Fsp3) is 0.571. The Labute approximate surface area is 88.4 Å². The molecule has 0 heteroatoms. The van der Waals surface area contributed by atoms with Gasteiger partial charge in [0.15, 0.2) is 0 Å². The molecular formula is C14H22. The minimum absolute atomic E-state index is 0.810. The summed E-state index contributed by atoms with van der Waals surface area (Å²) in [6.45, 7) is 8.08. The van der Waals surface area contributed by atoms with Gasteiger partial charge in [0.05, 0.1) is 0 Å². The molecule has 78 valence electrons. The maximum Gasteiger partial charge on any atom is -0.0165 e. The van der Waals surface area contributed by atoms with Crippen LogP contribution in [0.15, 0.2) is 36.0 Å². The largest absolute Gasteiger partial charge is 0.0961 e. The highest BCUT2D eigenvalue weighted by molar-refractivity contribution is 5.27. The Morgan fingerprint density at radius 2 is 1.79 bits per heavy atom. The van der Waals surface area contributed by atoms with Gasteiger partial charge in [-0.1, -0.05) is 49.6 Å². The Bertz CT molecular complexity index is 237. The molecule has 0 atom stereocenters. The molecule has 0 aliphatic heterocycles. The second-order valence-corrected chi connectivity index (χ2v) is 4.30. The van der Waals surface area contributed by atoms with Crippen LogP contribution >= 0.6 is 0 Å². The Morgan fingerprint density at radius 3 is 2.29 bits per heavy atom. The second kappa shape index (κ2) is 5.85. The van der Waals surface area contributed by atoms with E-state index in [1.54, 1.807) is 0 Å². The van der Waals surface area contributed by atoms with E-state index in [-0.39, 0.29) is 0 Å². The van der Waals surface area contributed by atoms with Crippen molar-refractivity contribution in [1.29, 1.82) is 0 Å². The lowest BCUT2D eigenvalue weighted by Crippen LogP contribution is -2.07. The number of rotatable bonds is 3. The first-order valence-electron chi connectivity index (χ1n) is 5.74. The van der Waals surface area contributed by atoms with Gasteiger partial charge in [-0.25, -0.2) is 0 Å². The molecule has 0 amide bonds. The van der Waals surface area contributed by atoms with Gasteiger partial charge in [-0.2, -0.15) is 0 Å². The van der Waals surface area contributed by atoms with Gasteiger partial charge in [0.1, 0.15) is 0 Å². The highest BCUT2D eigenvalue weighted by Gasteiger charge is 2.15. The Morgan fingerprint density at radius 1 is 1.14 bits per heavy atom. The van der Waals surface area contributed by atoms with Crippen LogP contribution in [-0.2, 0) is 0 Å². The van der Waals surface area contributed by atoms with E-state index in [1.165, 1.54) is 37.7 Å². The Balaban J connectivity index is 2.57. The zero-order chi connectivity index (χ0) is 10.4. The lowest BCUT2D eigenvalue weighted by molar-refractivity contribution is 0.408. The van der Waals surface area contributed by atoms with Crippen LogP contribution in [-0.4, -0.2) is 0 Å². The van der Waals surface area contributed by atoms with E-state index >= 15 is 0 Å². The lowest BCUT2D eigenvalue weighted by atomic mass is 9.83. The van der Waals surface area contributed by atoms with Crippen molar-refractivity contribution in [2.24, 2.45) is 5.92 Å². The molecule has 1 rings (SSSR count). The maximum absolute atomic E-state index is 3.89. The number of hydrogen-bond donors (Lipinski definition) is 0. The summed E-state index contributed by atoms with van der Waals surface area (Å²) in [5.74, 6) is 0.810. The smallest absolute Gasteiger partial charge is 0.0165 e. The minimum atomic E-state index is 0.810. The van der Waals surface area contributed by atoms with E-state index in [4.69, 9.17) is 0 Å². The van der Waals surface area contributed by atoms with Crippen LogP contribution in [0.5, 0.6) is 0 Å². The highest BCUT2D eigenvalue weighted by Crippen LogP contribution is 2.30. The average Bonchev–Trinajstić information content (AvgIpc) is 2.20. The molecule has 0 aromatic carbocycles. The first-order valence-corrected chi connectivity index (χ1v) is 5.74. The molecule has 0 saturated heterocycles. The first-order chi connectivity index (χ1) is 6.74. The lowest BCUT2D eigenvalue weighted by Gasteiger charge is -2.22. The van der Waals surface area contributed by atoms with Gasteiger partial charge in [0.2, 0.25) is 0 Å². The summed E-state index contributed by atoms with van der Waals surface area (Å²) in [4.78, 5) is 0. The normalized spacial score (nSPS) is 20.3. The van der Waals surface area contributed by atoms with Crippen molar-refractivity contribution in [2.45, 2.75) is 46.0 Å². The topological polar surface area (TPSA) is 0 Å². The van der Waals surface area contributed by atoms with Crippen molar-refractivity contribution in [1.82, 2.24) is 0 Å². The summed E-state index contributed by atoms with van der Waals surface area (Å²) >= 11 is 0. The third-order valence-corrected chi connectivity index (χ3v) is 2.97. The standard InChI is InChI=1S/C14H22/c1-4-13(11-10-12(2)3)14-8-6-5-7-9-14/h4,10-11,14H,2,5-9H2,1,3H3/b11-10-,13-4+. The van der Waals surface area contributed by atoms with E-state index in [1.807, 2.05) is 6.92 Å². The van der Waals surface area contributed by atoms with E-state index in [0.29, 0.717) is 0 Å². The van der Waals surface area contributed by atoms with E-state index in [2.05, 4.69) is 31.7 Å². The minimum Gasteiger partial charge on any atom is -0.0961 e. The molecule has 0 unspecified atom stereocenters. The summed E-state index contributed by atoms with van der Waals surface area (Å²) in [6, 6.07) is 0. The summed E-state index contributed by atoms with van der Waals surface area (Å²) in [5, 5.41) is 0. The van der Waals surface area contributed by atoms with Crippen LogP contribution in [0.1, 0.15) is 46.0 Å². The fourth-order valence-corrected chi connectivity index (χ4v) is 2.14. The van der Waals surface area contributed by atoms with E-state index < -0.39 is 0 Å². The van der Waals surface area contributed by atoms with Crippen molar-refractivity contribution in [3.05, 3.63) is 36.0 Å². The van der Waals surface area contributed by atoms with Crippen molar-refractivity contribution < 1.29 is 0 Å². The molecule has 14 heavy (non-hydrogen) atoms. The fourth-order valence-electron chi connectivity index (χ4n) is 2.14. The van der Waals surface area contributed by atoms with Crippen molar-refractivity contribution in [3.63, 3.8) is 0 Å². The van der Waals surface area contributed by atoms with Crippen LogP contribution in [0.25, 0.3) is 0 Å². The Hall–Kier alpha value is -0.780. The maximum atomic E-state index is 3.89. The van der Waals surface area contributed by atoms with Crippen LogP contribution in [0, 0.1) is 5.92 Å². The SMILES string of the molecule is C=C(C)/C=C\C(=C/C)C1CCCCC1. The van der Waals surface area contributed by atoms with E-state index in [9.17, 15) is 0 Å². The van der Waals surface area contributed by atoms with Crippen molar-refractivity contribution >= 4 is 0 Å². The molecule has 0 N–H and O–H groups in total. The van der Waals surface area contributed by atoms with Crippen LogP contribution in [0.4, 0.5) is 0 Å². The summed E-state index contributed by atoms with van der Waals surface area (Å²) in [7, 11) is 0. The van der Waals surface area contributed by atoms with Crippen LogP contribution < -0.4 is 0 Å². The molecule has 0 radical (unpaired) electrons. The first kappa shape index (κ1) is 11.3. The molecular weight excluding hydrogens is 168 g/mol. The quantitative estimate of drug-likeness (QED) is 0.568. The molecule has 0 heterocycles. The molecule has 1 aliphatic carbocycles. The molecule has 0 nitrogen and oxygen atoms in total. The molecule has 0 bridgehead atoms. The third-order valence-electron chi connectivity index (χ3n) is 2.97. The average molecular weight is 190 g/mol. The van der Waals surface area contributed by atoms with E-state index in [0.717, 1.165) is 11.5 Å². The summed E-state index contributed by atoms with van der Waals surface area (Å²) < 4.78 is 0. The van der Waals surface area contributed by atoms with Gasteiger partial charge in [-0.05, 0) is 38.2 Å². The third kappa shape index (κ3) is 3.53. The second-order valence-electron chi connectivity index (χ2n) is 4.30. The summed E-state index contributed by atoms with van der Waals surface area (Å²) in [5.41, 5.74) is 2.65. The van der Waals surface area contributed by atoms with Crippen LogP contribution in [0.3, 0.4) is 0 Å². The Kier molecular flexibility index (Phi) is 4.72. The highest BCUT2D eigenvalue weighted by atomic mass is 14.2. The van der Waals surface area contributed by atoms with Gasteiger partial charge < -0.3 is 0 Å². The zero-order valence-electron chi connectivity index (χ0n) is 9.55.